The smallest absolute Gasteiger partial charge is 0.257 e. The number of likely N-dealkylation sites (tertiary alicyclic amines) is 1. The number of rotatable bonds is 6. The number of pyridine rings is 1. The molecule has 1 saturated heterocycles. The van der Waals surface area contributed by atoms with Gasteiger partial charge in [0.1, 0.15) is 11.3 Å². The molecule has 1 amide bonds. The number of nitrogens with one attached hydrogen (secondary N) is 1. The molecule has 1 aromatic carbocycles. The van der Waals surface area contributed by atoms with Crippen LogP contribution in [0.4, 0.5) is 0 Å². The molecule has 0 radical (unpaired) electrons. The van der Waals surface area contributed by atoms with Crippen LogP contribution in [0, 0.1) is 5.92 Å². The van der Waals surface area contributed by atoms with Crippen molar-refractivity contribution in [3.05, 3.63) is 54.2 Å². The standard InChI is InChI=1S/C21H27N3O2/c1-16-8-7-13-24(14-16)15-17(2)23-20(25)19-11-6-12-22-21(19)26-18-9-4-3-5-10-18/h3-6,9-12,16-17H,7-8,13-15H2,1-2H3,(H,23,25). The van der Waals surface area contributed by atoms with E-state index in [2.05, 4.69) is 22.1 Å². The number of ether oxygens (including phenoxy) is 1. The quantitative estimate of drug-likeness (QED) is 0.860. The predicted octanol–water partition coefficient (Wildman–Crippen LogP) is 3.72. The molecule has 1 aromatic heterocycles. The Morgan fingerprint density at radius 2 is 2.12 bits per heavy atom. The van der Waals surface area contributed by atoms with E-state index in [0.29, 0.717) is 17.2 Å². The van der Waals surface area contributed by atoms with Gasteiger partial charge in [-0.05, 0) is 56.5 Å². The van der Waals surface area contributed by atoms with E-state index in [4.69, 9.17) is 4.74 Å². The van der Waals surface area contributed by atoms with E-state index < -0.39 is 0 Å². The average Bonchev–Trinajstić information content (AvgIpc) is 2.63. The molecule has 2 aromatic rings. The molecule has 0 bridgehead atoms. The number of carbonyl (C=O) groups excluding carboxylic acids is 1. The molecule has 1 N–H and O–H groups in total. The molecule has 5 heteroatoms. The third-order valence-corrected chi connectivity index (χ3v) is 4.62. The summed E-state index contributed by atoms with van der Waals surface area (Å²) < 4.78 is 5.79. The highest BCUT2D eigenvalue weighted by molar-refractivity contribution is 5.96. The monoisotopic (exact) mass is 353 g/mol. The van der Waals surface area contributed by atoms with E-state index in [1.807, 2.05) is 37.3 Å². The summed E-state index contributed by atoms with van der Waals surface area (Å²) in [6.07, 6.45) is 4.17. The summed E-state index contributed by atoms with van der Waals surface area (Å²) in [6, 6.07) is 13.0. The fourth-order valence-electron chi connectivity index (χ4n) is 3.43. The van der Waals surface area contributed by atoms with Crippen molar-refractivity contribution in [2.75, 3.05) is 19.6 Å². The molecular formula is C21H27N3O2. The predicted molar refractivity (Wildman–Crippen MR) is 103 cm³/mol. The Kier molecular flexibility index (Phi) is 6.23. The van der Waals surface area contributed by atoms with Crippen molar-refractivity contribution >= 4 is 5.91 Å². The van der Waals surface area contributed by atoms with Crippen molar-refractivity contribution in [1.29, 1.82) is 0 Å². The zero-order chi connectivity index (χ0) is 18.4. The van der Waals surface area contributed by atoms with Gasteiger partial charge in [-0.2, -0.15) is 0 Å². The Morgan fingerprint density at radius 1 is 1.31 bits per heavy atom. The number of aromatic nitrogens is 1. The maximum atomic E-state index is 12.7. The Labute approximate surface area is 155 Å². The number of para-hydroxylation sites is 1. The van der Waals surface area contributed by atoms with E-state index in [9.17, 15) is 4.79 Å². The number of amides is 1. The van der Waals surface area contributed by atoms with E-state index in [-0.39, 0.29) is 11.9 Å². The first-order valence-electron chi connectivity index (χ1n) is 9.33. The molecule has 2 atom stereocenters. The zero-order valence-corrected chi connectivity index (χ0v) is 15.5. The van der Waals surface area contributed by atoms with E-state index >= 15 is 0 Å². The van der Waals surface area contributed by atoms with Crippen molar-refractivity contribution in [1.82, 2.24) is 15.2 Å². The highest BCUT2D eigenvalue weighted by Gasteiger charge is 2.21. The van der Waals surface area contributed by atoms with Crippen LogP contribution in [0.1, 0.15) is 37.0 Å². The first-order valence-corrected chi connectivity index (χ1v) is 9.33. The van der Waals surface area contributed by atoms with Crippen LogP contribution in [-0.2, 0) is 0 Å². The zero-order valence-electron chi connectivity index (χ0n) is 15.5. The molecule has 1 fully saturated rings. The van der Waals surface area contributed by atoms with Gasteiger partial charge < -0.3 is 15.0 Å². The Bertz CT molecular complexity index is 720. The van der Waals surface area contributed by atoms with Crippen molar-refractivity contribution in [3.63, 3.8) is 0 Å². The Hall–Kier alpha value is -2.40. The van der Waals surface area contributed by atoms with Gasteiger partial charge in [-0.25, -0.2) is 4.98 Å². The highest BCUT2D eigenvalue weighted by Crippen LogP contribution is 2.22. The third-order valence-electron chi connectivity index (χ3n) is 4.62. The van der Waals surface area contributed by atoms with Crippen LogP contribution < -0.4 is 10.1 Å². The van der Waals surface area contributed by atoms with Crippen molar-refractivity contribution in [2.24, 2.45) is 5.92 Å². The maximum Gasteiger partial charge on any atom is 0.257 e. The van der Waals surface area contributed by atoms with E-state index in [1.54, 1.807) is 18.3 Å². The second-order valence-electron chi connectivity index (χ2n) is 7.15. The second kappa shape index (κ2) is 8.81. The van der Waals surface area contributed by atoms with E-state index in [0.717, 1.165) is 25.6 Å². The lowest BCUT2D eigenvalue weighted by Gasteiger charge is -2.32. The Balaban J connectivity index is 1.62. The lowest BCUT2D eigenvalue weighted by atomic mass is 10.00. The van der Waals surface area contributed by atoms with Crippen molar-refractivity contribution < 1.29 is 9.53 Å². The molecule has 26 heavy (non-hydrogen) atoms. The summed E-state index contributed by atoms with van der Waals surface area (Å²) >= 11 is 0. The summed E-state index contributed by atoms with van der Waals surface area (Å²) in [5.74, 6) is 1.57. The molecule has 138 valence electrons. The number of hydrogen-bond acceptors (Lipinski definition) is 4. The first kappa shape index (κ1) is 18.4. The molecule has 3 rings (SSSR count). The summed E-state index contributed by atoms with van der Waals surface area (Å²) in [4.78, 5) is 19.4. The molecule has 0 aliphatic carbocycles. The van der Waals surface area contributed by atoms with Gasteiger partial charge in [-0.15, -0.1) is 0 Å². The van der Waals surface area contributed by atoms with Gasteiger partial charge in [0.2, 0.25) is 5.88 Å². The van der Waals surface area contributed by atoms with Gasteiger partial charge in [-0.3, -0.25) is 4.79 Å². The SMILES string of the molecule is CC1CCCN(CC(C)NC(=O)c2cccnc2Oc2ccccc2)C1. The Morgan fingerprint density at radius 3 is 2.88 bits per heavy atom. The number of benzene rings is 1. The van der Waals surface area contributed by atoms with Crippen molar-refractivity contribution in [3.8, 4) is 11.6 Å². The first-order chi connectivity index (χ1) is 12.6. The van der Waals surface area contributed by atoms with Crippen LogP contribution in [-0.4, -0.2) is 41.5 Å². The molecular weight excluding hydrogens is 326 g/mol. The van der Waals surface area contributed by atoms with Crippen LogP contribution in [0.15, 0.2) is 48.7 Å². The van der Waals surface area contributed by atoms with Crippen LogP contribution in [0.3, 0.4) is 0 Å². The average molecular weight is 353 g/mol. The summed E-state index contributed by atoms with van der Waals surface area (Å²) in [7, 11) is 0. The molecule has 2 heterocycles. The number of hydrogen-bond donors (Lipinski definition) is 1. The maximum absolute atomic E-state index is 12.7. The summed E-state index contributed by atoms with van der Waals surface area (Å²) in [6.45, 7) is 7.42. The lowest BCUT2D eigenvalue weighted by molar-refractivity contribution is 0.0917. The van der Waals surface area contributed by atoms with Crippen LogP contribution in [0.5, 0.6) is 11.6 Å². The van der Waals surface area contributed by atoms with Gasteiger partial charge in [0.15, 0.2) is 0 Å². The molecule has 0 saturated carbocycles. The summed E-state index contributed by atoms with van der Waals surface area (Å²) in [5, 5.41) is 3.08. The van der Waals surface area contributed by atoms with Gasteiger partial charge >= 0.3 is 0 Å². The molecule has 2 unspecified atom stereocenters. The van der Waals surface area contributed by atoms with Gasteiger partial charge in [-0.1, -0.05) is 25.1 Å². The molecule has 1 aliphatic rings. The van der Waals surface area contributed by atoms with Gasteiger partial charge in [0.25, 0.3) is 5.91 Å². The fraction of sp³-hybridized carbons (Fsp3) is 0.429. The normalized spacial score (nSPS) is 18.9. The summed E-state index contributed by atoms with van der Waals surface area (Å²) in [5.41, 5.74) is 0.454. The molecule has 5 nitrogen and oxygen atoms in total. The van der Waals surface area contributed by atoms with Crippen LogP contribution in [0.25, 0.3) is 0 Å². The highest BCUT2D eigenvalue weighted by atomic mass is 16.5. The lowest BCUT2D eigenvalue weighted by Crippen LogP contribution is -2.45. The third kappa shape index (κ3) is 5.05. The van der Waals surface area contributed by atoms with Crippen LogP contribution in [0.2, 0.25) is 0 Å². The minimum Gasteiger partial charge on any atom is -0.438 e. The minimum atomic E-state index is -0.151. The fourth-order valence-corrected chi connectivity index (χ4v) is 3.43. The largest absolute Gasteiger partial charge is 0.438 e. The number of nitrogens with zero attached hydrogens (tertiary/aromatic N) is 2. The van der Waals surface area contributed by atoms with Crippen molar-refractivity contribution in [2.45, 2.75) is 32.7 Å². The topological polar surface area (TPSA) is 54.5 Å². The van der Waals surface area contributed by atoms with Gasteiger partial charge in [0, 0.05) is 25.3 Å². The minimum absolute atomic E-state index is 0.0672. The second-order valence-corrected chi connectivity index (χ2v) is 7.15. The van der Waals surface area contributed by atoms with E-state index in [1.165, 1.54) is 12.8 Å². The van der Waals surface area contributed by atoms with Crippen LogP contribution >= 0.6 is 0 Å². The molecule has 0 spiro atoms. The van der Waals surface area contributed by atoms with Gasteiger partial charge in [0.05, 0.1) is 0 Å². The molecule has 1 aliphatic heterocycles. The number of carbonyl (C=O) groups is 1. The number of piperidine rings is 1.